The summed E-state index contributed by atoms with van der Waals surface area (Å²) in [6.07, 6.45) is 10.0. The van der Waals surface area contributed by atoms with E-state index < -0.39 is 0 Å². The van der Waals surface area contributed by atoms with Gasteiger partial charge >= 0.3 is 0 Å². The number of aliphatic hydroxyl groups is 2. The lowest BCUT2D eigenvalue weighted by atomic mass is 9.95. The molecule has 0 aromatic heterocycles. The van der Waals surface area contributed by atoms with Gasteiger partial charge in [0.1, 0.15) is 0 Å². The summed E-state index contributed by atoms with van der Waals surface area (Å²) < 4.78 is 0. The third-order valence-corrected chi connectivity index (χ3v) is 3.84. The van der Waals surface area contributed by atoms with Gasteiger partial charge in [-0.05, 0) is 25.3 Å². The highest BCUT2D eigenvalue weighted by Crippen LogP contribution is 2.30. The smallest absolute Gasteiger partial charge is 0.0558 e. The molecule has 1 aliphatic carbocycles. The van der Waals surface area contributed by atoms with E-state index in [1.807, 2.05) is 0 Å². The fourth-order valence-corrected chi connectivity index (χ4v) is 2.85. The zero-order valence-electron chi connectivity index (χ0n) is 10.9. The minimum atomic E-state index is 0.162. The number of rotatable bonds is 7. The van der Waals surface area contributed by atoms with Crippen LogP contribution in [0.15, 0.2) is 23.9 Å². The number of hydrogen-bond acceptors (Lipinski definition) is 4. The standard InChI is InChI=1S/C14H24N2O2/c17-9-7-16(8-10-18)6-5-13-11-12-3-1-2-4-14(12)15-13/h1-2,4,12-13,15,17-18H,3,5-11H2. The summed E-state index contributed by atoms with van der Waals surface area (Å²) in [6.45, 7) is 2.57. The minimum absolute atomic E-state index is 0.162. The number of aliphatic hydroxyl groups excluding tert-OH is 2. The molecule has 0 aromatic rings. The molecule has 0 saturated carbocycles. The van der Waals surface area contributed by atoms with Gasteiger partial charge in [-0.15, -0.1) is 0 Å². The van der Waals surface area contributed by atoms with E-state index in [-0.39, 0.29) is 13.2 Å². The molecule has 2 atom stereocenters. The van der Waals surface area contributed by atoms with Crippen molar-refractivity contribution < 1.29 is 10.2 Å². The molecule has 0 bridgehead atoms. The second-order valence-corrected chi connectivity index (χ2v) is 5.14. The van der Waals surface area contributed by atoms with Gasteiger partial charge in [0.05, 0.1) is 13.2 Å². The highest BCUT2D eigenvalue weighted by molar-refractivity contribution is 5.23. The number of nitrogens with one attached hydrogen (secondary N) is 1. The van der Waals surface area contributed by atoms with E-state index in [0.29, 0.717) is 25.0 Å². The van der Waals surface area contributed by atoms with E-state index in [0.717, 1.165) is 19.4 Å². The molecule has 0 spiro atoms. The highest BCUT2D eigenvalue weighted by Gasteiger charge is 2.28. The van der Waals surface area contributed by atoms with Crippen molar-refractivity contribution in [3.8, 4) is 0 Å². The van der Waals surface area contributed by atoms with Crippen LogP contribution in [0.4, 0.5) is 0 Å². The van der Waals surface area contributed by atoms with Crippen molar-refractivity contribution in [1.29, 1.82) is 0 Å². The molecule has 1 heterocycles. The minimum Gasteiger partial charge on any atom is -0.395 e. The van der Waals surface area contributed by atoms with Crippen molar-refractivity contribution in [2.75, 3.05) is 32.8 Å². The molecule has 2 rings (SSSR count). The van der Waals surface area contributed by atoms with Crippen LogP contribution in [0.2, 0.25) is 0 Å². The summed E-state index contributed by atoms with van der Waals surface area (Å²) in [5.41, 5.74) is 1.39. The van der Waals surface area contributed by atoms with Gasteiger partial charge in [0.15, 0.2) is 0 Å². The largest absolute Gasteiger partial charge is 0.395 e. The van der Waals surface area contributed by atoms with Crippen LogP contribution >= 0.6 is 0 Å². The average molecular weight is 252 g/mol. The van der Waals surface area contributed by atoms with E-state index in [4.69, 9.17) is 10.2 Å². The molecular formula is C14H24N2O2. The SMILES string of the molecule is OCCN(CCO)CCC1CC2CC=CC=C2N1. The maximum absolute atomic E-state index is 8.97. The van der Waals surface area contributed by atoms with Crippen LogP contribution in [0.1, 0.15) is 19.3 Å². The molecule has 1 saturated heterocycles. The van der Waals surface area contributed by atoms with Gasteiger partial charge in [-0.1, -0.05) is 12.2 Å². The Balaban J connectivity index is 1.74. The Kier molecular flexibility index (Phi) is 5.23. The van der Waals surface area contributed by atoms with Crippen LogP contribution in [-0.4, -0.2) is 54.0 Å². The molecule has 0 aromatic carbocycles. The van der Waals surface area contributed by atoms with Gasteiger partial charge in [-0.25, -0.2) is 0 Å². The molecule has 18 heavy (non-hydrogen) atoms. The molecule has 102 valence electrons. The molecule has 0 radical (unpaired) electrons. The Morgan fingerprint density at radius 1 is 1.22 bits per heavy atom. The summed E-state index contributed by atoms with van der Waals surface area (Å²) >= 11 is 0. The van der Waals surface area contributed by atoms with Crippen molar-refractivity contribution in [3.05, 3.63) is 23.9 Å². The van der Waals surface area contributed by atoms with Gasteiger partial charge < -0.3 is 15.5 Å². The lowest BCUT2D eigenvalue weighted by molar-refractivity contribution is 0.157. The zero-order chi connectivity index (χ0) is 12.8. The second kappa shape index (κ2) is 6.92. The van der Waals surface area contributed by atoms with E-state index in [1.54, 1.807) is 0 Å². The van der Waals surface area contributed by atoms with Crippen molar-refractivity contribution in [1.82, 2.24) is 10.2 Å². The highest BCUT2D eigenvalue weighted by atomic mass is 16.3. The predicted molar refractivity (Wildman–Crippen MR) is 72.1 cm³/mol. The number of nitrogens with zero attached hydrogens (tertiary/aromatic N) is 1. The maximum Gasteiger partial charge on any atom is 0.0558 e. The maximum atomic E-state index is 8.97. The third-order valence-electron chi connectivity index (χ3n) is 3.84. The van der Waals surface area contributed by atoms with Crippen molar-refractivity contribution in [2.45, 2.75) is 25.3 Å². The van der Waals surface area contributed by atoms with E-state index in [1.165, 1.54) is 12.1 Å². The summed E-state index contributed by atoms with van der Waals surface area (Å²) in [5.74, 6) is 0.684. The fraction of sp³-hybridized carbons (Fsp3) is 0.714. The van der Waals surface area contributed by atoms with Crippen LogP contribution < -0.4 is 5.32 Å². The van der Waals surface area contributed by atoms with Gasteiger partial charge in [-0.3, -0.25) is 4.90 Å². The molecule has 2 unspecified atom stereocenters. The van der Waals surface area contributed by atoms with Crippen LogP contribution in [-0.2, 0) is 0 Å². The Morgan fingerprint density at radius 2 is 2.00 bits per heavy atom. The average Bonchev–Trinajstić information content (AvgIpc) is 2.79. The van der Waals surface area contributed by atoms with Crippen LogP contribution in [0.5, 0.6) is 0 Å². The van der Waals surface area contributed by atoms with Gasteiger partial charge in [-0.2, -0.15) is 0 Å². The summed E-state index contributed by atoms with van der Waals surface area (Å²) in [4.78, 5) is 2.12. The first kappa shape index (κ1) is 13.6. The lowest BCUT2D eigenvalue weighted by Gasteiger charge is -2.22. The lowest BCUT2D eigenvalue weighted by Crippen LogP contribution is -2.34. The van der Waals surface area contributed by atoms with Crippen molar-refractivity contribution in [2.24, 2.45) is 5.92 Å². The van der Waals surface area contributed by atoms with Crippen LogP contribution in [0, 0.1) is 5.92 Å². The summed E-state index contributed by atoms with van der Waals surface area (Å²) in [5, 5.41) is 21.5. The van der Waals surface area contributed by atoms with Gasteiger partial charge in [0.2, 0.25) is 0 Å². The Morgan fingerprint density at radius 3 is 2.67 bits per heavy atom. The zero-order valence-corrected chi connectivity index (χ0v) is 10.9. The first-order valence-corrected chi connectivity index (χ1v) is 6.91. The second-order valence-electron chi connectivity index (χ2n) is 5.14. The van der Waals surface area contributed by atoms with Gasteiger partial charge in [0, 0.05) is 37.3 Å². The van der Waals surface area contributed by atoms with Crippen LogP contribution in [0.25, 0.3) is 0 Å². The van der Waals surface area contributed by atoms with E-state index >= 15 is 0 Å². The molecule has 3 N–H and O–H groups in total. The van der Waals surface area contributed by atoms with E-state index in [2.05, 4.69) is 28.4 Å². The first-order valence-electron chi connectivity index (χ1n) is 6.91. The van der Waals surface area contributed by atoms with Crippen LogP contribution in [0.3, 0.4) is 0 Å². The molecule has 1 aliphatic heterocycles. The molecule has 4 nitrogen and oxygen atoms in total. The summed E-state index contributed by atoms with van der Waals surface area (Å²) in [6, 6.07) is 0.543. The normalized spacial score (nSPS) is 26.1. The molecule has 0 amide bonds. The molecule has 1 fully saturated rings. The van der Waals surface area contributed by atoms with Crippen molar-refractivity contribution >= 4 is 0 Å². The number of allylic oxidation sites excluding steroid dienone is 4. The third kappa shape index (κ3) is 3.57. The Labute approximate surface area is 109 Å². The van der Waals surface area contributed by atoms with Crippen molar-refractivity contribution in [3.63, 3.8) is 0 Å². The first-order chi connectivity index (χ1) is 8.83. The Bertz CT molecular complexity index is 309. The quantitative estimate of drug-likeness (QED) is 0.617. The van der Waals surface area contributed by atoms with Gasteiger partial charge in [0.25, 0.3) is 0 Å². The molecular weight excluding hydrogens is 228 g/mol. The number of fused-ring (bicyclic) bond motifs is 1. The number of hydrogen-bond donors (Lipinski definition) is 3. The monoisotopic (exact) mass is 252 g/mol. The van der Waals surface area contributed by atoms with E-state index in [9.17, 15) is 0 Å². The topological polar surface area (TPSA) is 55.7 Å². The summed E-state index contributed by atoms with van der Waals surface area (Å²) in [7, 11) is 0. The fourth-order valence-electron chi connectivity index (χ4n) is 2.85. The Hall–Kier alpha value is -0.840. The molecule has 2 aliphatic rings. The molecule has 4 heteroatoms. The predicted octanol–water partition coefficient (Wildman–Crippen LogP) is 0.485.